The normalized spacial score (nSPS) is 18.1. The van der Waals surface area contributed by atoms with Crippen LogP contribution in [0, 0.1) is 12.4 Å². The first-order chi connectivity index (χ1) is 20.9. The second-order valence-electron chi connectivity index (χ2n) is 11.1. The molecule has 5 heterocycles. The fourth-order valence-corrected chi connectivity index (χ4v) is 5.93. The van der Waals surface area contributed by atoms with E-state index >= 15 is 0 Å². The van der Waals surface area contributed by atoms with E-state index < -0.39 is 11.8 Å². The summed E-state index contributed by atoms with van der Waals surface area (Å²) in [7, 11) is 0. The summed E-state index contributed by atoms with van der Waals surface area (Å²) >= 11 is 0. The Kier molecular flexibility index (Phi) is 7.01. The van der Waals surface area contributed by atoms with Gasteiger partial charge in [0.05, 0.1) is 42.4 Å². The highest BCUT2D eigenvalue weighted by atomic mass is 19.1. The van der Waals surface area contributed by atoms with Gasteiger partial charge in [0.15, 0.2) is 5.69 Å². The number of pyridine rings is 1. The maximum atomic E-state index is 14.3. The average molecular weight is 581 g/mol. The molecular weight excluding hydrogens is 551 g/mol. The number of fused-ring (bicyclic) bond motifs is 1. The van der Waals surface area contributed by atoms with Crippen molar-refractivity contribution < 1.29 is 23.8 Å². The number of rotatable bonds is 9. The number of hydrogen-bond acceptors (Lipinski definition) is 7. The van der Waals surface area contributed by atoms with Crippen molar-refractivity contribution in [1.82, 2.24) is 19.4 Å². The van der Waals surface area contributed by atoms with Crippen LogP contribution in [-0.2, 0) is 24.4 Å². The minimum Gasteiger partial charge on any atom is -0.478 e. The van der Waals surface area contributed by atoms with E-state index in [0.717, 1.165) is 61.9 Å². The lowest BCUT2D eigenvalue weighted by atomic mass is 10.1. The summed E-state index contributed by atoms with van der Waals surface area (Å²) in [5, 5.41) is 9.52. The van der Waals surface area contributed by atoms with E-state index in [1.807, 2.05) is 12.1 Å². The molecule has 0 aliphatic carbocycles. The number of carbonyl (C=O) groups is 1. The molecule has 0 amide bonds. The number of imidazole rings is 1. The monoisotopic (exact) mass is 580 g/mol. The minimum atomic E-state index is -0.950. The van der Waals surface area contributed by atoms with Gasteiger partial charge in [-0.2, -0.15) is 4.98 Å². The molecule has 10 nitrogen and oxygen atoms in total. The van der Waals surface area contributed by atoms with Gasteiger partial charge >= 0.3 is 5.97 Å². The van der Waals surface area contributed by atoms with Gasteiger partial charge in [-0.15, -0.1) is 0 Å². The largest absolute Gasteiger partial charge is 0.478 e. The minimum absolute atomic E-state index is 0.0273. The molecule has 3 aliphatic heterocycles. The molecule has 7 rings (SSSR count). The summed E-state index contributed by atoms with van der Waals surface area (Å²) in [5.74, 6) is 0.719. The third kappa shape index (κ3) is 5.43. The summed E-state index contributed by atoms with van der Waals surface area (Å²) < 4.78 is 27.9. The van der Waals surface area contributed by atoms with Crippen LogP contribution in [0.25, 0.3) is 15.9 Å². The average Bonchev–Trinajstić information content (AvgIpc) is 3.65. The molecule has 2 aromatic heterocycles. The molecule has 2 aromatic carbocycles. The van der Waals surface area contributed by atoms with E-state index in [2.05, 4.69) is 24.2 Å². The maximum absolute atomic E-state index is 14.3. The predicted octanol–water partition coefficient (Wildman–Crippen LogP) is 4.82. The zero-order chi connectivity index (χ0) is 29.5. The number of carboxylic acid groups (broad SMARTS) is 1. The number of nitrogens with zero attached hydrogens (tertiary/aromatic N) is 6. The third-order valence-corrected chi connectivity index (χ3v) is 8.29. The van der Waals surface area contributed by atoms with Crippen molar-refractivity contribution in [3.63, 3.8) is 0 Å². The Morgan fingerprint density at radius 2 is 1.91 bits per heavy atom. The Morgan fingerprint density at radius 3 is 2.60 bits per heavy atom. The van der Waals surface area contributed by atoms with Gasteiger partial charge in [0.2, 0.25) is 5.88 Å². The predicted molar refractivity (Wildman–Crippen MR) is 157 cm³/mol. The Balaban J connectivity index is 1.00. The fraction of sp³-hybridized carbons (Fsp3) is 0.312. The van der Waals surface area contributed by atoms with Gasteiger partial charge in [-0.1, -0.05) is 18.2 Å². The number of anilines is 1. The molecule has 1 atom stereocenters. The van der Waals surface area contributed by atoms with Crippen LogP contribution >= 0.6 is 0 Å². The second-order valence-corrected chi connectivity index (χ2v) is 11.1. The summed E-state index contributed by atoms with van der Waals surface area (Å²) in [4.78, 5) is 29.0. The number of hydrogen-bond donors (Lipinski definition) is 1. The zero-order valence-electron chi connectivity index (χ0n) is 23.4. The molecule has 43 heavy (non-hydrogen) atoms. The molecule has 11 heteroatoms. The van der Waals surface area contributed by atoms with Gasteiger partial charge in [0.1, 0.15) is 24.1 Å². The molecule has 0 unspecified atom stereocenters. The Labute approximate surface area is 247 Å². The summed E-state index contributed by atoms with van der Waals surface area (Å²) in [5.41, 5.74) is 5.24. The van der Waals surface area contributed by atoms with E-state index in [4.69, 9.17) is 21.0 Å². The van der Waals surface area contributed by atoms with Crippen LogP contribution in [0.15, 0.2) is 65.7 Å². The molecule has 1 fully saturated rings. The van der Waals surface area contributed by atoms with Crippen molar-refractivity contribution in [1.29, 1.82) is 0 Å². The van der Waals surface area contributed by atoms with Crippen molar-refractivity contribution in [2.24, 2.45) is 0 Å². The van der Waals surface area contributed by atoms with Gasteiger partial charge < -0.3 is 24.0 Å². The van der Waals surface area contributed by atoms with Crippen LogP contribution in [0.3, 0.4) is 0 Å². The molecule has 218 valence electrons. The highest BCUT2D eigenvalue weighted by molar-refractivity contribution is 5.92. The first-order valence-corrected chi connectivity index (χ1v) is 14.2. The maximum Gasteiger partial charge on any atom is 0.335 e. The highest BCUT2D eigenvalue weighted by Crippen LogP contribution is 2.31. The van der Waals surface area contributed by atoms with E-state index in [-0.39, 0.29) is 24.0 Å². The Morgan fingerprint density at radius 1 is 1.09 bits per heavy atom. The number of aromatic nitrogens is 3. The molecule has 1 saturated heterocycles. The molecule has 1 N–H and O–H groups in total. The standard InChI is InChI=1S/C32H29FN6O4/c1-34-24-7-5-21(26(33)12-24)19-43-31-4-2-3-29(36-31)38-15-22-13-37(14-23(22)16-38)18-30-35-27-8-6-20(32(40)41)11-28(27)39(30)17-25-9-10-42-25/h2-8,11-12,25H,9-10,13-19H2,(H,40,41)/t25-/m0/s1. The lowest BCUT2D eigenvalue weighted by Crippen LogP contribution is -2.33. The number of carboxylic acids is 1. The van der Waals surface area contributed by atoms with Crippen LogP contribution in [0.4, 0.5) is 15.9 Å². The molecule has 0 spiro atoms. The molecule has 3 aliphatic rings. The number of aromatic carboxylic acids is 1. The van der Waals surface area contributed by atoms with E-state index in [0.29, 0.717) is 24.5 Å². The quantitative estimate of drug-likeness (QED) is 0.222. The summed E-state index contributed by atoms with van der Waals surface area (Å²) in [6.07, 6.45) is 1.11. The van der Waals surface area contributed by atoms with Crippen molar-refractivity contribution >= 4 is 28.5 Å². The molecular formula is C32H29FN6O4. The van der Waals surface area contributed by atoms with E-state index in [1.54, 1.807) is 36.4 Å². The van der Waals surface area contributed by atoms with Gasteiger partial charge in [0, 0.05) is 44.4 Å². The zero-order valence-corrected chi connectivity index (χ0v) is 23.4. The summed E-state index contributed by atoms with van der Waals surface area (Å²) in [6, 6.07) is 15.0. The van der Waals surface area contributed by atoms with Crippen LogP contribution < -0.4 is 9.64 Å². The van der Waals surface area contributed by atoms with Crippen LogP contribution in [0.2, 0.25) is 0 Å². The molecule has 4 aromatic rings. The van der Waals surface area contributed by atoms with Crippen LogP contribution in [0.5, 0.6) is 5.88 Å². The Bertz CT molecular complexity index is 1790. The fourth-order valence-electron chi connectivity index (χ4n) is 5.93. The van der Waals surface area contributed by atoms with Crippen molar-refractivity contribution in [3.8, 4) is 5.88 Å². The van der Waals surface area contributed by atoms with E-state index in [9.17, 15) is 14.3 Å². The molecule has 0 saturated carbocycles. The van der Waals surface area contributed by atoms with Crippen LogP contribution in [0.1, 0.15) is 28.2 Å². The van der Waals surface area contributed by atoms with Gasteiger partial charge in [-0.3, -0.25) is 4.90 Å². The van der Waals surface area contributed by atoms with Crippen molar-refractivity contribution in [2.45, 2.75) is 32.2 Å². The number of ether oxygens (including phenoxy) is 2. The highest BCUT2D eigenvalue weighted by Gasteiger charge is 2.32. The number of benzene rings is 2. The van der Waals surface area contributed by atoms with Gasteiger partial charge in [-0.05, 0) is 47.9 Å². The topological polar surface area (TPSA) is 97.3 Å². The first kappa shape index (κ1) is 27.1. The lowest BCUT2D eigenvalue weighted by Gasteiger charge is -2.28. The van der Waals surface area contributed by atoms with Crippen LogP contribution in [-0.4, -0.2) is 69.4 Å². The summed E-state index contributed by atoms with van der Waals surface area (Å²) in [6.45, 7) is 12.3. The molecule has 0 bridgehead atoms. The van der Waals surface area contributed by atoms with Crippen molar-refractivity contribution in [2.75, 3.05) is 37.7 Å². The lowest BCUT2D eigenvalue weighted by molar-refractivity contribution is -0.0591. The molecule has 0 radical (unpaired) electrons. The second kappa shape index (κ2) is 11.1. The van der Waals surface area contributed by atoms with Crippen molar-refractivity contribution in [3.05, 3.63) is 99.9 Å². The van der Waals surface area contributed by atoms with Gasteiger partial charge in [-0.25, -0.2) is 19.0 Å². The first-order valence-electron chi connectivity index (χ1n) is 14.2. The number of halogens is 1. The third-order valence-electron chi connectivity index (χ3n) is 8.29. The van der Waals surface area contributed by atoms with Gasteiger partial charge in [0.25, 0.3) is 0 Å². The van der Waals surface area contributed by atoms with E-state index in [1.165, 1.54) is 17.2 Å². The SMILES string of the molecule is [C-]#[N+]c1ccc(COc2cccc(N3CC4=C(CN(Cc5nc6ccc(C(=O)O)cc6n5C[C@@H]5CCO5)C4)C3)n2)c(F)c1. The Hall–Kier alpha value is -4.79. The smallest absolute Gasteiger partial charge is 0.335 e.